The molecule has 1 aliphatic carbocycles. The van der Waals surface area contributed by atoms with Gasteiger partial charge in [-0.2, -0.15) is 5.26 Å². The zero-order valence-electron chi connectivity index (χ0n) is 20.8. The number of rotatable bonds is 4. The molecule has 0 radical (unpaired) electrons. The summed E-state index contributed by atoms with van der Waals surface area (Å²) in [5.41, 5.74) is 9.04. The van der Waals surface area contributed by atoms with Crippen molar-refractivity contribution in [2.24, 2.45) is 23.0 Å². The molecule has 188 valence electrons. The minimum absolute atomic E-state index is 0.0563. The van der Waals surface area contributed by atoms with E-state index in [0.29, 0.717) is 35.4 Å². The number of hydrogen-bond acceptors (Lipinski definition) is 8. The Labute approximate surface area is 217 Å². The maximum Gasteiger partial charge on any atom is 0.256 e. The van der Waals surface area contributed by atoms with E-state index in [-0.39, 0.29) is 53.3 Å². The van der Waals surface area contributed by atoms with Gasteiger partial charge in [-0.3, -0.25) is 24.3 Å². The zero-order valence-corrected chi connectivity index (χ0v) is 21.6. The molecular formula is C27H26N6O3S. The van der Waals surface area contributed by atoms with E-state index in [1.807, 2.05) is 26.0 Å². The Morgan fingerprint density at radius 2 is 1.97 bits per heavy atom. The quantitative estimate of drug-likeness (QED) is 0.529. The van der Waals surface area contributed by atoms with E-state index < -0.39 is 0 Å². The molecule has 3 aliphatic rings. The fourth-order valence-electron chi connectivity index (χ4n) is 5.94. The number of imide groups is 1. The number of nitriles is 1. The highest BCUT2D eigenvalue weighted by Gasteiger charge is 2.72. The number of likely N-dealkylation sites (tertiary alicyclic amines) is 2. The largest absolute Gasteiger partial charge is 0.337 e. The number of aromatic nitrogens is 2. The van der Waals surface area contributed by atoms with Crippen LogP contribution in [0.15, 0.2) is 24.4 Å². The zero-order chi connectivity index (χ0) is 26.2. The number of aryl methyl sites for hydroxylation is 1. The Balaban J connectivity index is 1.40. The summed E-state index contributed by atoms with van der Waals surface area (Å²) in [5.74, 6) is -0.815. The summed E-state index contributed by atoms with van der Waals surface area (Å²) < 4.78 is 0.823. The van der Waals surface area contributed by atoms with E-state index in [2.05, 4.69) is 16.0 Å². The van der Waals surface area contributed by atoms with Crippen LogP contribution >= 0.6 is 11.3 Å². The Morgan fingerprint density at radius 3 is 2.62 bits per heavy atom. The predicted octanol–water partition coefficient (Wildman–Crippen LogP) is 2.85. The van der Waals surface area contributed by atoms with Crippen molar-refractivity contribution < 1.29 is 14.4 Å². The average molecular weight is 515 g/mol. The van der Waals surface area contributed by atoms with Crippen molar-refractivity contribution in [2.75, 3.05) is 13.1 Å². The van der Waals surface area contributed by atoms with Crippen molar-refractivity contribution in [1.29, 1.82) is 5.26 Å². The van der Waals surface area contributed by atoms with Crippen LogP contribution < -0.4 is 5.73 Å². The van der Waals surface area contributed by atoms with E-state index in [9.17, 15) is 19.6 Å². The monoisotopic (exact) mass is 514 g/mol. The number of piperidine rings is 1. The fraction of sp³-hybridized carbons (Fsp3) is 0.407. The molecule has 3 amide bonds. The van der Waals surface area contributed by atoms with Gasteiger partial charge in [0, 0.05) is 41.3 Å². The molecule has 0 spiro atoms. The summed E-state index contributed by atoms with van der Waals surface area (Å²) in [6.07, 6.45) is 2.41. The van der Waals surface area contributed by atoms with Crippen LogP contribution in [0.2, 0.25) is 0 Å². The molecule has 2 saturated heterocycles. The summed E-state index contributed by atoms with van der Waals surface area (Å²) in [4.78, 5) is 52.1. The van der Waals surface area contributed by atoms with Crippen molar-refractivity contribution in [1.82, 2.24) is 19.8 Å². The minimum Gasteiger partial charge on any atom is -0.337 e. The van der Waals surface area contributed by atoms with Gasteiger partial charge in [-0.05, 0) is 37.0 Å². The predicted molar refractivity (Wildman–Crippen MR) is 137 cm³/mol. The Morgan fingerprint density at radius 1 is 1.24 bits per heavy atom. The highest BCUT2D eigenvalue weighted by molar-refractivity contribution is 7.19. The summed E-state index contributed by atoms with van der Waals surface area (Å²) in [6, 6.07) is 7.40. The smallest absolute Gasteiger partial charge is 0.256 e. The van der Waals surface area contributed by atoms with Gasteiger partial charge in [-0.25, -0.2) is 4.98 Å². The first-order valence-corrected chi connectivity index (χ1v) is 13.1. The lowest BCUT2D eigenvalue weighted by Gasteiger charge is -2.20. The van der Waals surface area contributed by atoms with E-state index in [1.54, 1.807) is 24.1 Å². The molecule has 2 aliphatic heterocycles. The topological polar surface area (TPSA) is 133 Å². The van der Waals surface area contributed by atoms with Gasteiger partial charge in [0.25, 0.3) is 5.91 Å². The standard InChI is InChI=1S/C27H26N6O3S/c1-13-20(24(34)32-7-5-14(29)11-32)18(8-15(10-28)31-13)17-4-6-30-19-9-16(37-23(17)19)12-33-25(35)21-22(26(33)36)27(21,2)3/h4,6,8-9,14,21-22H,5,7,11-12,29H2,1-3H3/t14-,21?,22?/m1/s1. The molecule has 1 saturated carbocycles. The molecule has 2 N–H and O–H groups in total. The molecular weight excluding hydrogens is 488 g/mol. The van der Waals surface area contributed by atoms with Crippen LogP contribution in [0.4, 0.5) is 0 Å². The lowest BCUT2D eigenvalue weighted by molar-refractivity contribution is -0.143. The molecule has 37 heavy (non-hydrogen) atoms. The highest BCUT2D eigenvalue weighted by Crippen LogP contribution is 2.63. The summed E-state index contributed by atoms with van der Waals surface area (Å²) >= 11 is 1.44. The molecule has 0 bridgehead atoms. The summed E-state index contributed by atoms with van der Waals surface area (Å²) in [6.45, 7) is 6.92. The Kier molecular flexibility index (Phi) is 5.23. The maximum absolute atomic E-state index is 13.6. The number of fused-ring (bicyclic) bond motifs is 2. The third-order valence-electron chi connectivity index (χ3n) is 8.00. The molecule has 3 fully saturated rings. The van der Waals surface area contributed by atoms with E-state index in [4.69, 9.17) is 5.73 Å². The number of carbonyl (C=O) groups is 3. The van der Waals surface area contributed by atoms with Gasteiger partial charge in [0.1, 0.15) is 11.8 Å². The molecule has 9 nitrogen and oxygen atoms in total. The van der Waals surface area contributed by atoms with Crippen LogP contribution in [-0.4, -0.2) is 56.6 Å². The summed E-state index contributed by atoms with van der Waals surface area (Å²) in [7, 11) is 0. The van der Waals surface area contributed by atoms with E-state index in [0.717, 1.165) is 21.6 Å². The van der Waals surface area contributed by atoms with Crippen molar-refractivity contribution in [2.45, 2.75) is 39.8 Å². The second-order valence-corrected chi connectivity index (χ2v) is 11.9. The molecule has 10 heteroatoms. The lowest BCUT2D eigenvalue weighted by Crippen LogP contribution is -2.35. The minimum atomic E-state index is -0.251. The van der Waals surface area contributed by atoms with E-state index >= 15 is 0 Å². The number of nitrogens with two attached hydrogens (primary N) is 1. The Bertz CT molecular complexity index is 1530. The number of nitrogens with zero attached hydrogens (tertiary/aromatic N) is 5. The number of pyridine rings is 2. The number of carbonyl (C=O) groups excluding carboxylic acids is 3. The maximum atomic E-state index is 13.6. The second kappa shape index (κ2) is 8.16. The van der Waals surface area contributed by atoms with Crippen LogP contribution in [-0.2, 0) is 16.1 Å². The number of hydrogen-bond donors (Lipinski definition) is 1. The van der Waals surface area contributed by atoms with Crippen LogP contribution in [0, 0.1) is 35.5 Å². The van der Waals surface area contributed by atoms with Gasteiger partial charge in [0.05, 0.1) is 39.9 Å². The Hall–Kier alpha value is -3.68. The first-order chi connectivity index (χ1) is 17.6. The van der Waals surface area contributed by atoms with Gasteiger partial charge in [0.15, 0.2) is 0 Å². The molecule has 5 heterocycles. The summed E-state index contributed by atoms with van der Waals surface area (Å²) in [5, 5.41) is 9.59. The first-order valence-electron chi connectivity index (χ1n) is 12.3. The van der Waals surface area contributed by atoms with Crippen molar-refractivity contribution in [3.8, 4) is 17.2 Å². The molecule has 3 atom stereocenters. The van der Waals surface area contributed by atoms with Crippen molar-refractivity contribution >= 4 is 39.3 Å². The van der Waals surface area contributed by atoms with Crippen LogP contribution in [0.5, 0.6) is 0 Å². The molecule has 6 rings (SSSR count). The van der Waals surface area contributed by atoms with Crippen molar-refractivity contribution in [3.05, 3.63) is 46.2 Å². The first kappa shape index (κ1) is 23.7. The normalized spacial score (nSPS) is 24.0. The molecule has 3 aromatic heterocycles. The lowest BCUT2D eigenvalue weighted by atomic mass is 9.97. The molecule has 3 aromatic rings. The number of thiophene rings is 1. The van der Waals surface area contributed by atoms with E-state index in [1.165, 1.54) is 16.2 Å². The molecule has 0 aromatic carbocycles. The average Bonchev–Trinajstić information content (AvgIpc) is 3.24. The number of amides is 3. The van der Waals surface area contributed by atoms with Crippen LogP contribution in [0.1, 0.15) is 46.9 Å². The fourth-order valence-corrected chi connectivity index (χ4v) is 7.07. The molecule has 2 unspecified atom stereocenters. The van der Waals surface area contributed by atoms with Crippen LogP contribution in [0.25, 0.3) is 21.3 Å². The third-order valence-corrected chi connectivity index (χ3v) is 9.14. The van der Waals surface area contributed by atoms with Crippen molar-refractivity contribution in [3.63, 3.8) is 0 Å². The van der Waals surface area contributed by atoms with Crippen LogP contribution in [0.3, 0.4) is 0 Å². The van der Waals surface area contributed by atoms with Gasteiger partial charge in [0.2, 0.25) is 11.8 Å². The highest BCUT2D eigenvalue weighted by atomic mass is 32.1. The SMILES string of the molecule is Cc1nc(C#N)cc(-c2ccnc3cc(CN4C(=O)C5C(C4=O)C5(C)C)sc23)c1C(=O)N1CC[C@@H](N)C1. The van der Waals surface area contributed by atoms with Gasteiger partial charge < -0.3 is 10.6 Å². The van der Waals surface area contributed by atoms with Gasteiger partial charge in [-0.1, -0.05) is 13.8 Å². The van der Waals surface area contributed by atoms with Gasteiger partial charge >= 0.3 is 0 Å². The third kappa shape index (κ3) is 3.56. The van der Waals surface area contributed by atoms with Gasteiger partial charge in [-0.15, -0.1) is 11.3 Å². The second-order valence-electron chi connectivity index (χ2n) is 10.8.